The second-order valence-corrected chi connectivity index (χ2v) is 12.5. The Bertz CT molecular complexity index is 2490. The van der Waals surface area contributed by atoms with Gasteiger partial charge in [-0.05, 0) is 91.2 Å². The molecular formula is C46H29N3. The van der Waals surface area contributed by atoms with Crippen LogP contribution in [0.4, 0.5) is 0 Å². The van der Waals surface area contributed by atoms with Crippen molar-refractivity contribution in [3.8, 4) is 50.8 Å². The van der Waals surface area contributed by atoms with Gasteiger partial charge in [0.25, 0.3) is 0 Å². The summed E-state index contributed by atoms with van der Waals surface area (Å²) in [5.74, 6) is 0. The first-order chi connectivity index (χ1) is 24.3. The van der Waals surface area contributed by atoms with Crippen molar-refractivity contribution in [2.24, 2.45) is 0 Å². The van der Waals surface area contributed by atoms with E-state index in [-0.39, 0.29) is 0 Å². The monoisotopic (exact) mass is 623 g/mol. The summed E-state index contributed by atoms with van der Waals surface area (Å²) < 4.78 is 0. The SMILES string of the molecule is N#Cc1ccnc(-c2ccc(-c3cc4c(c5ccccc35)-c3ccc(-c5ccccc5)cc3C4(c3ccccc3)c3ccccc3)cn2)c1. The average Bonchev–Trinajstić information content (AvgIpc) is 3.49. The predicted molar refractivity (Wildman–Crippen MR) is 198 cm³/mol. The molecule has 0 fully saturated rings. The minimum Gasteiger partial charge on any atom is -0.255 e. The molecule has 9 rings (SSSR count). The maximum absolute atomic E-state index is 9.43. The molecule has 228 valence electrons. The summed E-state index contributed by atoms with van der Waals surface area (Å²) in [5.41, 5.74) is 13.5. The van der Waals surface area contributed by atoms with Gasteiger partial charge in [0.15, 0.2) is 0 Å². The van der Waals surface area contributed by atoms with Gasteiger partial charge < -0.3 is 0 Å². The van der Waals surface area contributed by atoms with Gasteiger partial charge in [0.2, 0.25) is 0 Å². The first-order valence-electron chi connectivity index (χ1n) is 16.5. The van der Waals surface area contributed by atoms with Crippen LogP contribution in [-0.2, 0) is 5.41 Å². The van der Waals surface area contributed by atoms with Crippen LogP contribution in [0.15, 0.2) is 176 Å². The van der Waals surface area contributed by atoms with E-state index in [2.05, 4.69) is 157 Å². The lowest BCUT2D eigenvalue weighted by atomic mass is 9.67. The summed E-state index contributed by atoms with van der Waals surface area (Å²) in [5, 5.41) is 11.8. The predicted octanol–water partition coefficient (Wildman–Crippen LogP) is 10.9. The zero-order valence-corrected chi connectivity index (χ0v) is 26.6. The van der Waals surface area contributed by atoms with Gasteiger partial charge in [0.05, 0.1) is 28.4 Å². The van der Waals surface area contributed by atoms with E-state index in [4.69, 9.17) is 4.98 Å². The van der Waals surface area contributed by atoms with Crippen LogP contribution >= 0.6 is 0 Å². The Morgan fingerprint density at radius 1 is 0.469 bits per heavy atom. The molecular weight excluding hydrogens is 595 g/mol. The molecule has 0 saturated heterocycles. The van der Waals surface area contributed by atoms with Gasteiger partial charge in [-0.15, -0.1) is 0 Å². The molecule has 0 saturated carbocycles. The molecule has 8 aromatic rings. The van der Waals surface area contributed by atoms with E-state index in [1.807, 2.05) is 12.3 Å². The molecule has 2 aromatic heterocycles. The Hall–Kier alpha value is -6.63. The molecule has 0 bridgehead atoms. The molecule has 0 radical (unpaired) electrons. The summed E-state index contributed by atoms with van der Waals surface area (Å²) >= 11 is 0. The van der Waals surface area contributed by atoms with Crippen LogP contribution in [0.3, 0.4) is 0 Å². The second kappa shape index (κ2) is 11.6. The van der Waals surface area contributed by atoms with E-state index in [9.17, 15) is 5.26 Å². The molecule has 1 aliphatic carbocycles. The van der Waals surface area contributed by atoms with Crippen LogP contribution in [-0.4, -0.2) is 9.97 Å². The number of nitriles is 1. The average molecular weight is 624 g/mol. The quantitative estimate of drug-likeness (QED) is 0.192. The molecule has 1 aliphatic rings. The Labute approximate surface area is 285 Å². The van der Waals surface area contributed by atoms with Crippen molar-refractivity contribution in [3.63, 3.8) is 0 Å². The van der Waals surface area contributed by atoms with Crippen LogP contribution in [0.5, 0.6) is 0 Å². The van der Waals surface area contributed by atoms with Gasteiger partial charge in [-0.3, -0.25) is 9.97 Å². The van der Waals surface area contributed by atoms with Crippen LogP contribution in [0.1, 0.15) is 27.8 Å². The van der Waals surface area contributed by atoms with Gasteiger partial charge >= 0.3 is 0 Å². The Morgan fingerprint density at radius 3 is 1.80 bits per heavy atom. The molecule has 49 heavy (non-hydrogen) atoms. The van der Waals surface area contributed by atoms with Crippen molar-refractivity contribution >= 4 is 10.8 Å². The first kappa shape index (κ1) is 28.6. The number of hydrogen-bond acceptors (Lipinski definition) is 3. The molecule has 0 N–H and O–H groups in total. The van der Waals surface area contributed by atoms with Crippen LogP contribution < -0.4 is 0 Å². The Morgan fingerprint density at radius 2 is 1.12 bits per heavy atom. The highest BCUT2D eigenvalue weighted by Gasteiger charge is 2.47. The van der Waals surface area contributed by atoms with Crippen molar-refractivity contribution in [1.29, 1.82) is 5.26 Å². The highest BCUT2D eigenvalue weighted by atomic mass is 14.8. The second-order valence-electron chi connectivity index (χ2n) is 12.5. The van der Waals surface area contributed by atoms with Gasteiger partial charge in [-0.2, -0.15) is 5.26 Å². The van der Waals surface area contributed by atoms with Crippen LogP contribution in [0.2, 0.25) is 0 Å². The maximum atomic E-state index is 9.43. The molecule has 0 amide bonds. The summed E-state index contributed by atoms with van der Waals surface area (Å²) in [7, 11) is 0. The Balaban J connectivity index is 1.35. The van der Waals surface area contributed by atoms with E-state index < -0.39 is 5.41 Å². The third-order valence-electron chi connectivity index (χ3n) is 9.89. The van der Waals surface area contributed by atoms with Crippen molar-refractivity contribution in [3.05, 3.63) is 204 Å². The lowest BCUT2D eigenvalue weighted by Crippen LogP contribution is -2.28. The van der Waals surface area contributed by atoms with Crippen LogP contribution in [0.25, 0.3) is 55.5 Å². The smallest absolute Gasteiger partial charge is 0.0992 e. The topological polar surface area (TPSA) is 49.6 Å². The standard InChI is InChI=1S/C46H29N3/c47-29-31-24-25-48-44(26-31)43-23-21-34(30-49-43)40-28-42-45(38-19-11-10-18-37(38)40)39-22-20-33(32-12-4-1-5-13-32)27-41(39)46(42,35-14-6-2-7-15-35)36-16-8-3-9-17-36/h1-28,30H. The van der Waals surface area contributed by atoms with Crippen molar-refractivity contribution in [2.75, 3.05) is 0 Å². The molecule has 0 unspecified atom stereocenters. The Kier molecular flexibility index (Phi) is 6.74. The van der Waals surface area contributed by atoms with Gasteiger partial charge in [0.1, 0.15) is 0 Å². The highest BCUT2D eigenvalue weighted by molar-refractivity contribution is 6.10. The third kappa shape index (κ3) is 4.50. The molecule has 0 atom stereocenters. The van der Waals surface area contributed by atoms with Gasteiger partial charge in [0, 0.05) is 18.0 Å². The number of rotatable bonds is 5. The largest absolute Gasteiger partial charge is 0.255 e. The fourth-order valence-electron chi connectivity index (χ4n) is 7.74. The molecule has 3 nitrogen and oxygen atoms in total. The van der Waals surface area contributed by atoms with Crippen molar-refractivity contribution in [1.82, 2.24) is 9.97 Å². The lowest BCUT2D eigenvalue weighted by Gasteiger charge is -2.34. The number of aromatic nitrogens is 2. The minimum atomic E-state index is -0.564. The zero-order chi connectivity index (χ0) is 32.8. The molecule has 0 spiro atoms. The van der Waals surface area contributed by atoms with E-state index in [0.29, 0.717) is 11.3 Å². The van der Waals surface area contributed by atoms with Crippen LogP contribution in [0, 0.1) is 11.3 Å². The van der Waals surface area contributed by atoms with E-state index in [1.54, 1.807) is 18.3 Å². The number of hydrogen-bond donors (Lipinski definition) is 0. The van der Waals surface area contributed by atoms with E-state index >= 15 is 0 Å². The third-order valence-corrected chi connectivity index (χ3v) is 9.89. The van der Waals surface area contributed by atoms with E-state index in [1.165, 1.54) is 55.3 Å². The molecule has 3 heteroatoms. The minimum absolute atomic E-state index is 0.564. The van der Waals surface area contributed by atoms with Crippen molar-refractivity contribution in [2.45, 2.75) is 5.41 Å². The maximum Gasteiger partial charge on any atom is 0.0992 e. The fraction of sp³-hybridized carbons (Fsp3) is 0.0217. The molecule has 6 aromatic carbocycles. The summed E-state index contributed by atoms with van der Waals surface area (Å²) in [4.78, 5) is 9.35. The fourth-order valence-corrected chi connectivity index (χ4v) is 7.74. The number of nitrogens with zero attached hydrogens (tertiary/aromatic N) is 3. The van der Waals surface area contributed by atoms with Crippen molar-refractivity contribution < 1.29 is 0 Å². The summed E-state index contributed by atoms with van der Waals surface area (Å²) in [6.07, 6.45) is 3.59. The zero-order valence-electron chi connectivity index (χ0n) is 26.6. The lowest BCUT2D eigenvalue weighted by molar-refractivity contribution is 0.769. The highest BCUT2D eigenvalue weighted by Crippen LogP contribution is 2.59. The summed E-state index contributed by atoms with van der Waals surface area (Å²) in [6.45, 7) is 0. The molecule has 2 heterocycles. The number of benzene rings is 6. The molecule has 0 aliphatic heterocycles. The van der Waals surface area contributed by atoms with Gasteiger partial charge in [-0.1, -0.05) is 133 Å². The number of fused-ring (bicyclic) bond motifs is 5. The first-order valence-corrected chi connectivity index (χ1v) is 16.5. The number of pyridine rings is 2. The van der Waals surface area contributed by atoms with Gasteiger partial charge in [-0.25, -0.2) is 0 Å². The van der Waals surface area contributed by atoms with E-state index in [0.717, 1.165) is 16.8 Å². The normalized spacial score (nSPS) is 12.6. The summed E-state index contributed by atoms with van der Waals surface area (Å²) in [6, 6.07) is 60.5.